The number of hydrogen-bond donors (Lipinski definition) is 4. The third-order valence-corrected chi connectivity index (χ3v) is 11.0. The number of amides is 3. The van der Waals surface area contributed by atoms with Gasteiger partial charge in [0, 0.05) is 59.0 Å². The number of anilines is 1. The van der Waals surface area contributed by atoms with Gasteiger partial charge in [-0.2, -0.15) is 0 Å². The number of nitrogens with zero attached hydrogens (tertiary/aromatic N) is 2. The number of ether oxygens (including phenoxy) is 1. The van der Waals surface area contributed by atoms with Crippen LogP contribution in [-0.4, -0.2) is 86.1 Å². The van der Waals surface area contributed by atoms with Crippen LogP contribution in [0.25, 0.3) is 0 Å². The van der Waals surface area contributed by atoms with Crippen molar-refractivity contribution in [1.82, 2.24) is 15.1 Å². The standard InChI is InChI=1S/C33H58N4O5Si/c1-36(32(40)42-20-21-43(2,3)4)25-30(22-26-12-6-5-7-13-26)35-31(39)37-18-11-15-28(24-37)33(41,17-8-9-19-38)27-14-10-16-29(34)23-27/h10,14,16,23,26,28,30,38,41H,5-9,11-13,15,17-22,24-25,34H2,1-4H3,(H,35,39)/t28-,30+,33-/m1/s1. The first-order valence-corrected chi connectivity index (χ1v) is 20.2. The average Bonchev–Trinajstić information content (AvgIpc) is 2.97. The summed E-state index contributed by atoms with van der Waals surface area (Å²) in [6.07, 6.45) is 9.87. The lowest BCUT2D eigenvalue weighted by Crippen LogP contribution is -2.54. The van der Waals surface area contributed by atoms with Crippen LogP contribution in [0.4, 0.5) is 15.3 Å². The predicted molar refractivity (Wildman–Crippen MR) is 176 cm³/mol. The Morgan fingerprint density at radius 2 is 1.91 bits per heavy atom. The highest BCUT2D eigenvalue weighted by molar-refractivity contribution is 6.76. The molecule has 1 saturated carbocycles. The number of unbranched alkanes of at least 4 members (excludes halogenated alkanes) is 1. The van der Waals surface area contributed by atoms with Crippen LogP contribution in [0.5, 0.6) is 0 Å². The summed E-state index contributed by atoms with van der Waals surface area (Å²) >= 11 is 0. The van der Waals surface area contributed by atoms with Crippen molar-refractivity contribution in [3.8, 4) is 0 Å². The van der Waals surface area contributed by atoms with Gasteiger partial charge in [-0.3, -0.25) is 0 Å². The van der Waals surface area contributed by atoms with E-state index in [1.807, 2.05) is 29.2 Å². The maximum atomic E-state index is 13.8. The van der Waals surface area contributed by atoms with Crippen molar-refractivity contribution in [2.75, 3.05) is 45.6 Å². The number of nitrogen functional groups attached to an aromatic ring is 1. The van der Waals surface area contributed by atoms with E-state index in [9.17, 15) is 19.8 Å². The molecule has 2 fully saturated rings. The Morgan fingerprint density at radius 3 is 2.58 bits per heavy atom. The van der Waals surface area contributed by atoms with Crippen molar-refractivity contribution in [2.45, 2.75) is 108 Å². The summed E-state index contributed by atoms with van der Waals surface area (Å²) in [7, 11) is 0.447. The van der Waals surface area contributed by atoms with Crippen LogP contribution in [-0.2, 0) is 10.3 Å². The molecular weight excluding hydrogens is 560 g/mol. The summed E-state index contributed by atoms with van der Waals surface area (Å²) in [5.41, 5.74) is 6.31. The van der Waals surface area contributed by atoms with E-state index in [0.717, 1.165) is 43.7 Å². The highest BCUT2D eigenvalue weighted by Gasteiger charge is 2.41. The zero-order chi connectivity index (χ0) is 31.5. The molecule has 1 heterocycles. The molecule has 1 aliphatic carbocycles. The summed E-state index contributed by atoms with van der Waals surface area (Å²) in [6.45, 7) is 8.75. The second-order valence-electron chi connectivity index (χ2n) is 14.2. The maximum absolute atomic E-state index is 13.8. The monoisotopic (exact) mass is 618 g/mol. The minimum absolute atomic E-state index is 0.0783. The molecular formula is C33H58N4O5Si. The van der Waals surface area contributed by atoms with E-state index in [1.54, 1.807) is 11.9 Å². The van der Waals surface area contributed by atoms with Gasteiger partial charge in [0.1, 0.15) is 0 Å². The molecule has 3 atom stereocenters. The lowest BCUT2D eigenvalue weighted by molar-refractivity contribution is -0.0561. The Morgan fingerprint density at radius 1 is 1.16 bits per heavy atom. The number of carbonyl (C=O) groups is 2. The number of aliphatic hydroxyl groups excluding tert-OH is 1. The van der Waals surface area contributed by atoms with Gasteiger partial charge >= 0.3 is 12.1 Å². The number of hydrogen-bond acceptors (Lipinski definition) is 6. The first-order valence-electron chi connectivity index (χ1n) is 16.5. The van der Waals surface area contributed by atoms with E-state index in [2.05, 4.69) is 25.0 Å². The highest BCUT2D eigenvalue weighted by atomic mass is 28.3. The number of piperidine rings is 1. The van der Waals surface area contributed by atoms with Crippen molar-refractivity contribution >= 4 is 25.9 Å². The topological polar surface area (TPSA) is 128 Å². The molecule has 10 heteroatoms. The fourth-order valence-corrected chi connectivity index (χ4v) is 7.39. The zero-order valence-corrected chi connectivity index (χ0v) is 28.2. The number of carbonyl (C=O) groups excluding carboxylic acids is 2. The Bertz CT molecular complexity index is 1020. The SMILES string of the molecule is CN(C[C@H](CC1CCCCC1)NC(=O)N1CCC[C@@H]([C@@](O)(CCCCO)c2cccc(N)c2)C1)C(=O)OCC[Si](C)(C)C. The predicted octanol–water partition coefficient (Wildman–Crippen LogP) is 5.79. The number of benzene rings is 1. The molecule has 1 aromatic rings. The van der Waals surface area contributed by atoms with E-state index < -0.39 is 13.7 Å². The summed E-state index contributed by atoms with van der Waals surface area (Å²) in [6, 6.07) is 8.01. The molecule has 244 valence electrons. The zero-order valence-electron chi connectivity index (χ0n) is 27.2. The Balaban J connectivity index is 1.69. The Hall–Kier alpha value is -2.30. The first-order chi connectivity index (χ1) is 20.4. The summed E-state index contributed by atoms with van der Waals surface area (Å²) in [4.78, 5) is 30.0. The van der Waals surface area contributed by atoms with Crippen LogP contribution in [0.2, 0.25) is 25.7 Å². The Kier molecular flexibility index (Phi) is 13.6. The first kappa shape index (κ1) is 35.2. The number of likely N-dealkylation sites (tertiary alicyclic amines) is 1. The maximum Gasteiger partial charge on any atom is 0.409 e. The lowest BCUT2D eigenvalue weighted by Gasteiger charge is -2.43. The second kappa shape index (κ2) is 16.7. The summed E-state index contributed by atoms with van der Waals surface area (Å²) in [5.74, 6) is 0.373. The van der Waals surface area contributed by atoms with Crippen molar-refractivity contribution in [2.24, 2.45) is 11.8 Å². The van der Waals surface area contributed by atoms with E-state index in [4.69, 9.17) is 10.5 Å². The van der Waals surface area contributed by atoms with Gasteiger partial charge in [0.15, 0.2) is 0 Å². The van der Waals surface area contributed by atoms with Crippen LogP contribution in [0.15, 0.2) is 24.3 Å². The van der Waals surface area contributed by atoms with Gasteiger partial charge in [-0.15, -0.1) is 0 Å². The second-order valence-corrected chi connectivity index (χ2v) is 19.8. The molecule has 9 nitrogen and oxygen atoms in total. The van der Waals surface area contributed by atoms with Crippen LogP contribution < -0.4 is 11.1 Å². The molecule has 3 rings (SSSR count). The third kappa shape index (κ3) is 11.3. The van der Waals surface area contributed by atoms with Crippen LogP contribution in [0, 0.1) is 11.8 Å². The molecule has 3 amide bonds. The van der Waals surface area contributed by atoms with Crippen molar-refractivity contribution in [3.05, 3.63) is 29.8 Å². The van der Waals surface area contributed by atoms with Gasteiger partial charge in [0.25, 0.3) is 0 Å². The van der Waals surface area contributed by atoms with Crippen LogP contribution in [0.1, 0.15) is 76.2 Å². The molecule has 1 aromatic carbocycles. The quantitative estimate of drug-likeness (QED) is 0.119. The molecule has 0 bridgehead atoms. The number of likely N-dealkylation sites (N-methyl/N-ethyl adjacent to an activating group) is 1. The van der Waals surface area contributed by atoms with Crippen molar-refractivity contribution in [1.29, 1.82) is 0 Å². The van der Waals surface area contributed by atoms with Gasteiger partial charge in [-0.1, -0.05) is 63.9 Å². The van der Waals surface area contributed by atoms with Gasteiger partial charge in [-0.25, -0.2) is 9.59 Å². The van der Waals surface area contributed by atoms with Crippen LogP contribution in [0.3, 0.4) is 0 Å². The van der Waals surface area contributed by atoms with E-state index in [0.29, 0.717) is 57.1 Å². The molecule has 0 radical (unpaired) electrons. The molecule has 0 aromatic heterocycles. The molecule has 1 saturated heterocycles. The average molecular weight is 619 g/mol. The fourth-order valence-electron chi connectivity index (χ4n) is 6.68. The number of aliphatic hydroxyl groups is 2. The number of rotatable bonds is 14. The lowest BCUT2D eigenvalue weighted by atomic mass is 9.74. The van der Waals surface area contributed by atoms with Gasteiger partial charge in [-0.05, 0) is 68.2 Å². The number of nitrogens with one attached hydrogen (secondary N) is 1. The normalized spacial score (nSPS) is 20.2. The van der Waals surface area contributed by atoms with Gasteiger partial charge < -0.3 is 35.8 Å². The van der Waals surface area contributed by atoms with E-state index >= 15 is 0 Å². The van der Waals surface area contributed by atoms with Crippen LogP contribution >= 0.6 is 0 Å². The minimum atomic E-state index is -1.31. The largest absolute Gasteiger partial charge is 0.450 e. The van der Waals surface area contributed by atoms with Gasteiger partial charge in [0.05, 0.1) is 12.2 Å². The Labute approximate surface area is 260 Å². The molecule has 2 aliphatic rings. The van der Waals surface area contributed by atoms with Gasteiger partial charge in [0.2, 0.25) is 0 Å². The highest BCUT2D eigenvalue weighted by Crippen LogP contribution is 2.40. The van der Waals surface area contributed by atoms with Crippen molar-refractivity contribution in [3.63, 3.8) is 0 Å². The van der Waals surface area contributed by atoms with E-state index in [-0.39, 0.29) is 30.7 Å². The molecule has 1 aliphatic heterocycles. The molecule has 5 N–H and O–H groups in total. The number of nitrogens with two attached hydrogens (primary N) is 1. The third-order valence-electron chi connectivity index (χ3n) is 9.29. The minimum Gasteiger partial charge on any atom is -0.450 e. The smallest absolute Gasteiger partial charge is 0.409 e. The summed E-state index contributed by atoms with van der Waals surface area (Å²) < 4.78 is 5.58. The summed E-state index contributed by atoms with van der Waals surface area (Å²) in [5, 5.41) is 24.8. The number of urea groups is 1. The van der Waals surface area contributed by atoms with Crippen molar-refractivity contribution < 1.29 is 24.5 Å². The van der Waals surface area contributed by atoms with E-state index in [1.165, 1.54) is 19.3 Å². The molecule has 0 unspecified atom stereocenters. The molecule has 43 heavy (non-hydrogen) atoms. The molecule has 0 spiro atoms. The fraction of sp³-hybridized carbons (Fsp3) is 0.758.